The van der Waals surface area contributed by atoms with Gasteiger partial charge in [0.1, 0.15) is 11.3 Å². The van der Waals surface area contributed by atoms with Crippen molar-refractivity contribution in [2.75, 3.05) is 4.72 Å². The Morgan fingerprint density at radius 3 is 2.80 bits per heavy atom. The van der Waals surface area contributed by atoms with Gasteiger partial charge in [-0.05, 0) is 24.3 Å². The minimum atomic E-state index is -3.70. The molecule has 2 aromatic heterocycles. The van der Waals surface area contributed by atoms with Crippen molar-refractivity contribution < 1.29 is 12.8 Å². The Morgan fingerprint density at radius 2 is 2.05 bits per heavy atom. The van der Waals surface area contributed by atoms with Crippen LogP contribution < -0.4 is 4.72 Å². The van der Waals surface area contributed by atoms with Crippen LogP contribution in [0.15, 0.2) is 51.9 Å². The van der Waals surface area contributed by atoms with Gasteiger partial charge in [0, 0.05) is 19.2 Å². The Morgan fingerprint density at radius 1 is 1.20 bits per heavy atom. The lowest BCUT2D eigenvalue weighted by molar-refractivity contribution is 0.559. The van der Waals surface area contributed by atoms with Crippen LogP contribution in [0.3, 0.4) is 0 Å². The number of hydrogen-bond acceptors (Lipinski definition) is 5. The lowest BCUT2D eigenvalue weighted by Gasteiger charge is -2.06. The lowest BCUT2D eigenvalue weighted by atomic mass is 10.3. The second-order valence-electron chi connectivity index (χ2n) is 4.18. The van der Waals surface area contributed by atoms with Gasteiger partial charge in [0.05, 0.1) is 4.90 Å². The van der Waals surface area contributed by atoms with Crippen molar-refractivity contribution in [2.24, 2.45) is 0 Å². The van der Waals surface area contributed by atoms with Gasteiger partial charge in [0.25, 0.3) is 10.0 Å². The van der Waals surface area contributed by atoms with Crippen LogP contribution in [0.4, 0.5) is 5.82 Å². The predicted octanol–water partition coefficient (Wildman–Crippen LogP) is 2.33. The van der Waals surface area contributed by atoms with Crippen molar-refractivity contribution in [1.29, 1.82) is 0 Å². The van der Waals surface area contributed by atoms with Crippen LogP contribution in [0.5, 0.6) is 0 Å². The molecule has 2 heterocycles. The standard InChI is InChI=1S/C13H11N3O3S/c1-9-15-11-6-5-10(8-12(11)19-9)20(17,18)16-13-4-2-3-7-14-13/h2-8H,1H3,(H,14,16). The molecule has 0 unspecified atom stereocenters. The molecule has 0 saturated carbocycles. The number of oxazole rings is 1. The Labute approximate surface area is 115 Å². The number of benzene rings is 1. The maximum Gasteiger partial charge on any atom is 0.263 e. The zero-order valence-electron chi connectivity index (χ0n) is 10.6. The summed E-state index contributed by atoms with van der Waals surface area (Å²) in [5, 5.41) is 0. The Bertz CT molecular complexity index is 857. The molecule has 20 heavy (non-hydrogen) atoms. The number of sulfonamides is 1. The number of fused-ring (bicyclic) bond motifs is 1. The maximum absolute atomic E-state index is 12.2. The van der Waals surface area contributed by atoms with Gasteiger partial charge in [-0.2, -0.15) is 0 Å². The quantitative estimate of drug-likeness (QED) is 0.799. The summed E-state index contributed by atoms with van der Waals surface area (Å²) in [6, 6.07) is 9.53. The van der Waals surface area contributed by atoms with E-state index in [9.17, 15) is 8.42 Å². The number of hydrogen-bond donors (Lipinski definition) is 1. The highest BCUT2D eigenvalue weighted by molar-refractivity contribution is 7.92. The van der Waals surface area contributed by atoms with E-state index in [0.717, 1.165) is 0 Å². The summed E-state index contributed by atoms with van der Waals surface area (Å²) in [5.41, 5.74) is 1.06. The van der Waals surface area contributed by atoms with E-state index in [1.807, 2.05) is 0 Å². The van der Waals surface area contributed by atoms with E-state index in [1.165, 1.54) is 18.3 Å². The summed E-state index contributed by atoms with van der Waals surface area (Å²) in [6.07, 6.45) is 1.51. The highest BCUT2D eigenvalue weighted by atomic mass is 32.2. The van der Waals surface area contributed by atoms with Crippen LogP contribution in [0.1, 0.15) is 5.89 Å². The summed E-state index contributed by atoms with van der Waals surface area (Å²) in [7, 11) is -3.70. The van der Waals surface area contributed by atoms with Crippen molar-refractivity contribution in [3.05, 3.63) is 48.5 Å². The minimum Gasteiger partial charge on any atom is -0.441 e. The fourth-order valence-electron chi connectivity index (χ4n) is 1.81. The number of pyridine rings is 1. The second-order valence-corrected chi connectivity index (χ2v) is 5.87. The van der Waals surface area contributed by atoms with Crippen LogP contribution >= 0.6 is 0 Å². The molecule has 0 spiro atoms. The number of anilines is 1. The molecule has 1 N–H and O–H groups in total. The van der Waals surface area contributed by atoms with E-state index in [1.54, 1.807) is 31.2 Å². The monoisotopic (exact) mass is 289 g/mol. The summed E-state index contributed by atoms with van der Waals surface area (Å²) >= 11 is 0. The average molecular weight is 289 g/mol. The summed E-state index contributed by atoms with van der Waals surface area (Å²) in [4.78, 5) is 8.16. The molecule has 6 nitrogen and oxygen atoms in total. The largest absolute Gasteiger partial charge is 0.441 e. The molecule has 0 saturated heterocycles. The van der Waals surface area contributed by atoms with Crippen LogP contribution in [-0.4, -0.2) is 18.4 Å². The van der Waals surface area contributed by atoms with Crippen LogP contribution in [-0.2, 0) is 10.0 Å². The molecule has 3 aromatic rings. The van der Waals surface area contributed by atoms with Gasteiger partial charge < -0.3 is 4.42 Å². The first-order chi connectivity index (χ1) is 9.54. The molecular formula is C13H11N3O3S. The molecule has 0 atom stereocenters. The van der Waals surface area contributed by atoms with Gasteiger partial charge in [-0.15, -0.1) is 0 Å². The topological polar surface area (TPSA) is 85.1 Å². The van der Waals surface area contributed by atoms with Crippen LogP contribution in [0.25, 0.3) is 11.1 Å². The Hall–Kier alpha value is -2.41. The van der Waals surface area contributed by atoms with Crippen molar-refractivity contribution in [1.82, 2.24) is 9.97 Å². The van der Waals surface area contributed by atoms with Gasteiger partial charge in [0.2, 0.25) is 0 Å². The Kier molecular flexibility index (Phi) is 2.90. The lowest BCUT2D eigenvalue weighted by Crippen LogP contribution is -2.13. The fourth-order valence-corrected chi connectivity index (χ4v) is 2.83. The zero-order chi connectivity index (χ0) is 14.2. The second kappa shape index (κ2) is 4.61. The first-order valence-electron chi connectivity index (χ1n) is 5.86. The smallest absolute Gasteiger partial charge is 0.263 e. The van der Waals surface area contributed by atoms with Crippen molar-refractivity contribution in [3.8, 4) is 0 Å². The Balaban J connectivity index is 2.00. The normalized spacial score (nSPS) is 11.7. The third-order valence-corrected chi connectivity index (χ3v) is 4.03. The number of rotatable bonds is 3. The van der Waals surface area contributed by atoms with Gasteiger partial charge >= 0.3 is 0 Å². The predicted molar refractivity (Wildman–Crippen MR) is 73.8 cm³/mol. The molecule has 0 aliphatic rings. The fraction of sp³-hybridized carbons (Fsp3) is 0.0769. The number of nitrogens with zero attached hydrogens (tertiary/aromatic N) is 2. The molecule has 0 bridgehead atoms. The van der Waals surface area contributed by atoms with E-state index >= 15 is 0 Å². The molecular weight excluding hydrogens is 278 g/mol. The number of aryl methyl sites for hydroxylation is 1. The van der Waals surface area contributed by atoms with Crippen molar-refractivity contribution >= 4 is 26.9 Å². The van der Waals surface area contributed by atoms with Gasteiger partial charge in [-0.1, -0.05) is 6.07 Å². The van der Waals surface area contributed by atoms with Crippen LogP contribution in [0.2, 0.25) is 0 Å². The van der Waals surface area contributed by atoms with Gasteiger partial charge in [-0.25, -0.2) is 18.4 Å². The van der Waals surface area contributed by atoms with Gasteiger partial charge in [-0.3, -0.25) is 4.72 Å². The maximum atomic E-state index is 12.2. The minimum absolute atomic E-state index is 0.104. The summed E-state index contributed by atoms with van der Waals surface area (Å²) < 4.78 is 32.2. The van der Waals surface area contributed by atoms with Crippen LogP contribution in [0, 0.1) is 6.92 Å². The SMILES string of the molecule is Cc1nc2ccc(S(=O)(=O)Nc3ccccn3)cc2o1. The average Bonchev–Trinajstić information content (AvgIpc) is 2.78. The zero-order valence-corrected chi connectivity index (χ0v) is 11.4. The van der Waals surface area contributed by atoms with E-state index in [-0.39, 0.29) is 10.7 Å². The molecule has 0 amide bonds. The van der Waals surface area contributed by atoms with E-state index < -0.39 is 10.0 Å². The number of aromatic nitrogens is 2. The molecule has 0 aliphatic carbocycles. The summed E-state index contributed by atoms with van der Waals surface area (Å²) in [6.45, 7) is 1.71. The molecule has 7 heteroatoms. The molecule has 0 radical (unpaired) electrons. The molecule has 102 valence electrons. The van der Waals surface area contributed by atoms with E-state index in [2.05, 4.69) is 14.7 Å². The van der Waals surface area contributed by atoms with Crippen molar-refractivity contribution in [2.45, 2.75) is 11.8 Å². The highest BCUT2D eigenvalue weighted by Crippen LogP contribution is 2.21. The van der Waals surface area contributed by atoms with Crippen molar-refractivity contribution in [3.63, 3.8) is 0 Å². The molecule has 0 aliphatic heterocycles. The number of nitrogens with one attached hydrogen (secondary N) is 1. The van der Waals surface area contributed by atoms with Gasteiger partial charge in [0.15, 0.2) is 11.5 Å². The first-order valence-corrected chi connectivity index (χ1v) is 7.34. The molecule has 3 rings (SSSR count). The summed E-state index contributed by atoms with van der Waals surface area (Å²) in [5.74, 6) is 0.758. The molecule has 0 fully saturated rings. The van der Waals surface area contributed by atoms with E-state index in [0.29, 0.717) is 17.0 Å². The molecule has 1 aromatic carbocycles. The first kappa shape index (κ1) is 12.6. The highest BCUT2D eigenvalue weighted by Gasteiger charge is 2.16. The third kappa shape index (κ3) is 2.35. The third-order valence-electron chi connectivity index (χ3n) is 2.68. The van der Waals surface area contributed by atoms with E-state index in [4.69, 9.17) is 4.42 Å².